The van der Waals surface area contributed by atoms with E-state index in [9.17, 15) is 16.8 Å². The van der Waals surface area contributed by atoms with E-state index in [-0.39, 0.29) is 19.6 Å². The quantitative estimate of drug-likeness (QED) is 0.197. The molecule has 0 heterocycles. The fourth-order valence-electron chi connectivity index (χ4n) is 4.11. The molecule has 40 heavy (non-hydrogen) atoms. The van der Waals surface area contributed by atoms with E-state index >= 15 is 0 Å². The molecule has 0 aliphatic carbocycles. The highest BCUT2D eigenvalue weighted by Crippen LogP contribution is 2.30. The topological polar surface area (TPSA) is 86.7 Å². The Bertz CT molecular complexity index is 1830. The summed E-state index contributed by atoms with van der Waals surface area (Å²) < 4.78 is 63.3. The molecule has 5 aromatic carbocycles. The van der Waals surface area contributed by atoms with Crippen LogP contribution in [0.1, 0.15) is 5.56 Å². The van der Waals surface area contributed by atoms with Crippen LogP contribution in [0.3, 0.4) is 0 Å². The Morgan fingerprint density at radius 3 is 1.07 bits per heavy atom. The van der Waals surface area contributed by atoms with Crippen molar-refractivity contribution in [2.24, 2.45) is 0 Å². The van der Waals surface area contributed by atoms with E-state index in [1.165, 1.54) is 31.4 Å². The van der Waals surface area contributed by atoms with Gasteiger partial charge in [0, 0.05) is 0 Å². The van der Waals surface area contributed by atoms with Crippen molar-refractivity contribution in [2.75, 3.05) is 7.11 Å². The van der Waals surface area contributed by atoms with Gasteiger partial charge in [0.1, 0.15) is 17.2 Å². The van der Waals surface area contributed by atoms with Crippen molar-refractivity contribution in [2.45, 2.75) is 26.5 Å². The van der Waals surface area contributed by atoms with Crippen LogP contribution in [0.5, 0.6) is 17.2 Å². The molecule has 0 atom stereocenters. The van der Waals surface area contributed by atoms with E-state index in [0.29, 0.717) is 17.2 Å². The van der Waals surface area contributed by atoms with E-state index in [1.54, 1.807) is 72.8 Å². The van der Waals surface area contributed by atoms with Crippen molar-refractivity contribution in [1.29, 1.82) is 0 Å². The minimum Gasteiger partial charge on any atom is -0.497 e. The van der Waals surface area contributed by atoms with Crippen LogP contribution in [0.15, 0.2) is 141 Å². The zero-order chi connectivity index (χ0) is 28.3. The molecular weight excluding hydrogens is 544 g/mol. The van der Waals surface area contributed by atoms with Crippen molar-refractivity contribution in [3.05, 3.63) is 127 Å². The second-order valence-corrected chi connectivity index (χ2v) is 13.0. The van der Waals surface area contributed by atoms with E-state index in [0.717, 1.165) is 16.7 Å². The Morgan fingerprint density at radius 2 is 0.725 bits per heavy atom. The van der Waals surface area contributed by atoms with Crippen LogP contribution in [0.25, 0.3) is 11.1 Å². The van der Waals surface area contributed by atoms with Crippen molar-refractivity contribution in [3.63, 3.8) is 0 Å². The number of methoxy groups -OCH3 is 1. The molecule has 0 aliphatic rings. The van der Waals surface area contributed by atoms with E-state index in [1.807, 2.05) is 31.2 Å². The molecule has 0 amide bonds. The zero-order valence-electron chi connectivity index (χ0n) is 21.8. The fourth-order valence-corrected chi connectivity index (χ4v) is 6.63. The lowest BCUT2D eigenvalue weighted by molar-refractivity contribution is 0.414. The molecule has 0 fully saturated rings. The molecule has 0 bridgehead atoms. The van der Waals surface area contributed by atoms with Gasteiger partial charge in [0.2, 0.25) is 19.7 Å². The van der Waals surface area contributed by atoms with E-state index < -0.39 is 19.7 Å². The van der Waals surface area contributed by atoms with Gasteiger partial charge in [0.05, 0.1) is 26.7 Å². The first-order valence-corrected chi connectivity index (χ1v) is 15.3. The lowest BCUT2D eigenvalue weighted by atomic mass is 10.1. The number of benzene rings is 5. The van der Waals surface area contributed by atoms with Crippen LogP contribution in [0.4, 0.5) is 0 Å². The summed E-state index contributed by atoms with van der Waals surface area (Å²) >= 11 is 0. The van der Waals surface area contributed by atoms with Gasteiger partial charge < -0.3 is 9.47 Å². The summed E-state index contributed by atoms with van der Waals surface area (Å²) in [4.78, 5) is 0.646. The molecule has 202 valence electrons. The normalized spacial score (nSPS) is 11.7. The lowest BCUT2D eigenvalue weighted by Gasteiger charge is -2.10. The van der Waals surface area contributed by atoms with Crippen LogP contribution < -0.4 is 9.47 Å². The summed E-state index contributed by atoms with van der Waals surface area (Å²) in [5.74, 6) is 1.78. The number of hydrogen-bond acceptors (Lipinski definition) is 6. The Kier molecular flexibility index (Phi) is 7.47. The smallest absolute Gasteiger partial charge is 0.206 e. The summed E-state index contributed by atoms with van der Waals surface area (Å²) in [7, 11) is -5.91. The standard InChI is InChI=1S/C32H26O6S2/c1-23-3-9-27(10-4-23)38-28-13-21-32(22-14-28)40(35,36)30-17-7-25(8-18-30)24-5-15-29(16-6-24)39(33,34)31-19-11-26(37-2)12-20-31/h3-22H,1-2H3. The van der Waals surface area contributed by atoms with Gasteiger partial charge in [0.15, 0.2) is 0 Å². The molecule has 0 aliphatic heterocycles. The van der Waals surface area contributed by atoms with Gasteiger partial charge in [-0.1, -0.05) is 42.0 Å². The summed E-state index contributed by atoms with van der Waals surface area (Å²) in [5.41, 5.74) is 2.64. The second kappa shape index (κ2) is 11.0. The number of rotatable bonds is 8. The van der Waals surface area contributed by atoms with Gasteiger partial charge in [-0.3, -0.25) is 0 Å². The Morgan fingerprint density at radius 1 is 0.425 bits per heavy atom. The number of aryl methyl sites for hydroxylation is 1. The SMILES string of the molecule is COc1ccc(S(=O)(=O)c2ccc(-c3ccc(S(=O)(=O)c4ccc(Oc5ccc(C)cc5)cc4)cc3)cc2)cc1. The summed E-state index contributed by atoms with van der Waals surface area (Å²) in [6.07, 6.45) is 0. The zero-order valence-corrected chi connectivity index (χ0v) is 23.4. The highest BCUT2D eigenvalue weighted by molar-refractivity contribution is 7.91. The van der Waals surface area contributed by atoms with Gasteiger partial charge in [-0.15, -0.1) is 0 Å². The first kappa shape index (κ1) is 27.2. The third-order valence-electron chi connectivity index (χ3n) is 6.42. The van der Waals surface area contributed by atoms with Crippen molar-refractivity contribution in [1.82, 2.24) is 0 Å². The van der Waals surface area contributed by atoms with Crippen molar-refractivity contribution >= 4 is 19.7 Å². The van der Waals surface area contributed by atoms with Gasteiger partial charge in [0.25, 0.3) is 0 Å². The molecule has 5 aromatic rings. The van der Waals surface area contributed by atoms with Crippen LogP contribution in [-0.2, 0) is 19.7 Å². The maximum absolute atomic E-state index is 13.2. The van der Waals surface area contributed by atoms with Crippen molar-refractivity contribution < 1.29 is 26.3 Å². The van der Waals surface area contributed by atoms with Crippen LogP contribution >= 0.6 is 0 Å². The first-order valence-electron chi connectivity index (χ1n) is 12.4. The maximum Gasteiger partial charge on any atom is 0.206 e. The lowest BCUT2D eigenvalue weighted by Crippen LogP contribution is -2.02. The summed E-state index contributed by atoms with van der Waals surface area (Å²) in [5, 5.41) is 0. The van der Waals surface area contributed by atoms with Gasteiger partial charge >= 0.3 is 0 Å². The Labute approximate surface area is 234 Å². The van der Waals surface area contributed by atoms with Crippen molar-refractivity contribution in [3.8, 4) is 28.4 Å². The molecule has 0 unspecified atom stereocenters. The summed E-state index contributed by atoms with van der Waals surface area (Å²) in [6, 6.07) is 33.1. The Balaban J connectivity index is 1.31. The Hall–Kier alpha value is -4.40. The monoisotopic (exact) mass is 570 g/mol. The maximum atomic E-state index is 13.2. The summed E-state index contributed by atoms with van der Waals surface area (Å²) in [6.45, 7) is 1.99. The number of hydrogen-bond donors (Lipinski definition) is 0. The van der Waals surface area contributed by atoms with Gasteiger partial charge in [-0.2, -0.15) is 0 Å². The molecule has 6 nitrogen and oxygen atoms in total. The third-order valence-corrected chi connectivity index (χ3v) is 9.99. The molecule has 0 radical (unpaired) electrons. The second-order valence-electron chi connectivity index (χ2n) is 9.12. The predicted molar refractivity (Wildman–Crippen MR) is 153 cm³/mol. The van der Waals surface area contributed by atoms with Crippen LogP contribution in [0, 0.1) is 6.92 Å². The molecule has 8 heteroatoms. The number of ether oxygens (including phenoxy) is 2. The number of sulfone groups is 2. The molecule has 5 rings (SSSR count). The van der Waals surface area contributed by atoms with Gasteiger partial charge in [-0.05, 0) is 103 Å². The van der Waals surface area contributed by atoms with E-state index in [2.05, 4.69) is 0 Å². The minimum atomic E-state index is -3.74. The highest BCUT2D eigenvalue weighted by atomic mass is 32.2. The molecule has 0 N–H and O–H groups in total. The highest BCUT2D eigenvalue weighted by Gasteiger charge is 2.19. The van der Waals surface area contributed by atoms with E-state index in [4.69, 9.17) is 9.47 Å². The van der Waals surface area contributed by atoms with Crippen LogP contribution in [0.2, 0.25) is 0 Å². The third kappa shape index (κ3) is 5.64. The van der Waals surface area contributed by atoms with Gasteiger partial charge in [-0.25, -0.2) is 16.8 Å². The molecule has 0 spiro atoms. The molecule has 0 aromatic heterocycles. The average Bonchev–Trinajstić information content (AvgIpc) is 2.99. The largest absolute Gasteiger partial charge is 0.497 e. The predicted octanol–water partition coefficient (Wildman–Crippen LogP) is 7.13. The molecule has 0 saturated heterocycles. The van der Waals surface area contributed by atoms with Crippen LogP contribution in [-0.4, -0.2) is 23.9 Å². The molecule has 0 saturated carbocycles. The average molecular weight is 571 g/mol. The fraction of sp³-hybridized carbons (Fsp3) is 0.0625. The first-order chi connectivity index (χ1) is 19.2. The minimum absolute atomic E-state index is 0.155. The molecular formula is C32H26O6S2.